The Labute approximate surface area is 62.6 Å². The Morgan fingerprint density at radius 1 is 1.70 bits per heavy atom. The van der Waals surface area contributed by atoms with Crippen molar-refractivity contribution in [2.24, 2.45) is 0 Å². The van der Waals surface area contributed by atoms with E-state index in [4.69, 9.17) is 16.3 Å². The van der Waals surface area contributed by atoms with E-state index < -0.39 is 0 Å². The first-order valence-corrected chi connectivity index (χ1v) is 3.27. The second kappa shape index (κ2) is 2.02. The number of H-pyrrole nitrogens is 1. The summed E-state index contributed by atoms with van der Waals surface area (Å²) < 4.78 is 5.06. The summed E-state index contributed by atoms with van der Waals surface area (Å²) in [6.07, 6.45) is 3.94. The number of rotatable bonds is 0. The Morgan fingerprint density at radius 2 is 2.60 bits per heavy atom. The van der Waals surface area contributed by atoms with Gasteiger partial charge in [0, 0.05) is 12.0 Å². The molecule has 0 aromatic carbocycles. The molecule has 0 saturated heterocycles. The molecule has 1 aliphatic rings. The molecule has 52 valence electrons. The van der Waals surface area contributed by atoms with Crippen molar-refractivity contribution >= 4 is 11.6 Å². The van der Waals surface area contributed by atoms with Crippen LogP contribution in [0.1, 0.15) is 5.56 Å². The van der Waals surface area contributed by atoms with E-state index in [0.29, 0.717) is 17.3 Å². The maximum Gasteiger partial charge on any atom is 0.217 e. The van der Waals surface area contributed by atoms with Crippen molar-refractivity contribution in [1.29, 1.82) is 0 Å². The summed E-state index contributed by atoms with van der Waals surface area (Å²) in [5.41, 5.74) is 1.01. The van der Waals surface area contributed by atoms with E-state index in [1.807, 2.05) is 0 Å². The number of ether oxygens (including phenoxy) is 1. The van der Waals surface area contributed by atoms with Gasteiger partial charge in [-0.3, -0.25) is 0 Å². The van der Waals surface area contributed by atoms with E-state index in [1.165, 1.54) is 6.26 Å². The molecular weight excluding hydrogens is 152 g/mol. The largest absolute Gasteiger partial charge is 0.446 e. The zero-order valence-electron chi connectivity index (χ0n) is 5.10. The fraction of sp³-hybridized carbons (Fsp3) is 0.167. The van der Waals surface area contributed by atoms with Crippen LogP contribution in [0.4, 0.5) is 0 Å². The summed E-state index contributed by atoms with van der Waals surface area (Å²) in [4.78, 5) is 0. The molecule has 0 amide bonds. The van der Waals surface area contributed by atoms with Crippen molar-refractivity contribution in [3.8, 4) is 5.88 Å². The van der Waals surface area contributed by atoms with E-state index in [1.54, 1.807) is 6.20 Å². The molecule has 0 bridgehead atoms. The Hall–Kier alpha value is -0.960. The zero-order chi connectivity index (χ0) is 6.97. The van der Waals surface area contributed by atoms with Gasteiger partial charge in [0.2, 0.25) is 5.88 Å². The Balaban J connectivity index is 2.39. The molecule has 0 aliphatic carbocycles. The van der Waals surface area contributed by atoms with Gasteiger partial charge in [-0.25, -0.2) is 5.10 Å². The van der Waals surface area contributed by atoms with Crippen LogP contribution in [-0.4, -0.2) is 10.2 Å². The Kier molecular flexibility index (Phi) is 1.17. The zero-order valence-corrected chi connectivity index (χ0v) is 5.85. The quantitative estimate of drug-likeness (QED) is 0.617. The van der Waals surface area contributed by atoms with Gasteiger partial charge >= 0.3 is 0 Å². The number of aromatic amines is 1. The summed E-state index contributed by atoms with van der Waals surface area (Å²) in [7, 11) is 0. The van der Waals surface area contributed by atoms with Crippen molar-refractivity contribution < 1.29 is 4.74 Å². The standard InChI is InChI=1S/C6H5ClN2O/c7-5-1-4-2-8-9-6(4)10-3-5/h2-3H,1H2,(H,8,9). The molecule has 0 radical (unpaired) electrons. The second-order valence-electron chi connectivity index (χ2n) is 2.08. The molecule has 0 saturated carbocycles. The summed E-state index contributed by atoms with van der Waals surface area (Å²) in [5, 5.41) is 7.20. The number of nitrogens with zero attached hydrogens (tertiary/aromatic N) is 1. The number of hydrogen-bond donors (Lipinski definition) is 1. The van der Waals surface area contributed by atoms with E-state index in [-0.39, 0.29) is 0 Å². The predicted octanol–water partition coefficient (Wildman–Crippen LogP) is 1.42. The highest BCUT2D eigenvalue weighted by atomic mass is 35.5. The first-order chi connectivity index (χ1) is 4.86. The lowest BCUT2D eigenvalue weighted by Gasteiger charge is -2.06. The number of halogens is 1. The highest BCUT2D eigenvalue weighted by Crippen LogP contribution is 2.24. The van der Waals surface area contributed by atoms with Gasteiger partial charge < -0.3 is 4.74 Å². The average molecular weight is 157 g/mol. The maximum atomic E-state index is 5.70. The lowest BCUT2D eigenvalue weighted by molar-refractivity contribution is 0.443. The second-order valence-corrected chi connectivity index (χ2v) is 2.57. The fourth-order valence-electron chi connectivity index (χ4n) is 0.874. The van der Waals surface area contributed by atoms with Crippen LogP contribution in [0.5, 0.6) is 5.88 Å². The molecule has 10 heavy (non-hydrogen) atoms. The van der Waals surface area contributed by atoms with Crippen molar-refractivity contribution in [2.75, 3.05) is 0 Å². The number of aromatic nitrogens is 2. The van der Waals surface area contributed by atoms with Crippen molar-refractivity contribution in [2.45, 2.75) is 6.42 Å². The molecule has 1 aromatic rings. The van der Waals surface area contributed by atoms with Crippen LogP contribution < -0.4 is 4.74 Å². The molecule has 2 heterocycles. The normalized spacial score (nSPS) is 15.5. The van der Waals surface area contributed by atoms with Crippen LogP contribution in [0.2, 0.25) is 0 Å². The number of nitrogens with one attached hydrogen (secondary N) is 1. The summed E-state index contributed by atoms with van der Waals surface area (Å²) in [6.45, 7) is 0. The minimum absolute atomic E-state index is 0.699. The molecule has 0 atom stereocenters. The van der Waals surface area contributed by atoms with E-state index >= 15 is 0 Å². The highest BCUT2D eigenvalue weighted by Gasteiger charge is 2.11. The number of hydrogen-bond acceptors (Lipinski definition) is 2. The molecule has 0 spiro atoms. The number of allylic oxidation sites excluding steroid dienone is 1. The van der Waals surface area contributed by atoms with Crippen LogP contribution in [-0.2, 0) is 6.42 Å². The molecule has 1 aliphatic heterocycles. The van der Waals surface area contributed by atoms with Crippen molar-refractivity contribution in [3.63, 3.8) is 0 Å². The monoisotopic (exact) mass is 156 g/mol. The molecule has 1 aromatic heterocycles. The van der Waals surface area contributed by atoms with Gasteiger partial charge in [-0.15, -0.1) is 0 Å². The Morgan fingerprint density at radius 3 is 3.50 bits per heavy atom. The van der Waals surface area contributed by atoms with Gasteiger partial charge in [0.05, 0.1) is 11.2 Å². The van der Waals surface area contributed by atoms with E-state index in [0.717, 1.165) is 5.56 Å². The third-order valence-electron chi connectivity index (χ3n) is 1.34. The van der Waals surface area contributed by atoms with E-state index in [2.05, 4.69) is 10.2 Å². The molecule has 0 fully saturated rings. The topological polar surface area (TPSA) is 37.9 Å². The minimum Gasteiger partial charge on any atom is -0.446 e. The van der Waals surface area contributed by atoms with Crippen molar-refractivity contribution in [3.05, 3.63) is 23.1 Å². The summed E-state index contributed by atoms with van der Waals surface area (Å²) >= 11 is 5.70. The lowest BCUT2D eigenvalue weighted by Crippen LogP contribution is -1.96. The predicted molar refractivity (Wildman–Crippen MR) is 36.9 cm³/mol. The highest BCUT2D eigenvalue weighted by molar-refractivity contribution is 6.29. The SMILES string of the molecule is ClC1=COc2[nH]ncc2C1. The lowest BCUT2D eigenvalue weighted by atomic mass is 10.2. The third-order valence-corrected chi connectivity index (χ3v) is 1.56. The summed E-state index contributed by atoms with van der Waals surface area (Å²) in [5.74, 6) is 0.699. The fourth-order valence-corrected chi connectivity index (χ4v) is 1.06. The molecule has 3 nitrogen and oxygen atoms in total. The van der Waals surface area contributed by atoms with Crippen LogP contribution >= 0.6 is 11.6 Å². The van der Waals surface area contributed by atoms with Gasteiger partial charge in [0.15, 0.2) is 0 Å². The van der Waals surface area contributed by atoms with Gasteiger partial charge in [0.1, 0.15) is 6.26 Å². The van der Waals surface area contributed by atoms with Gasteiger partial charge in [-0.1, -0.05) is 11.6 Å². The van der Waals surface area contributed by atoms with Crippen LogP contribution in [0, 0.1) is 0 Å². The van der Waals surface area contributed by atoms with Gasteiger partial charge in [-0.2, -0.15) is 5.10 Å². The first-order valence-electron chi connectivity index (χ1n) is 2.90. The smallest absolute Gasteiger partial charge is 0.217 e. The first kappa shape index (κ1) is 5.80. The van der Waals surface area contributed by atoms with Gasteiger partial charge in [-0.05, 0) is 0 Å². The maximum absolute atomic E-state index is 5.70. The average Bonchev–Trinajstić information content (AvgIpc) is 2.33. The van der Waals surface area contributed by atoms with Gasteiger partial charge in [0.25, 0.3) is 0 Å². The summed E-state index contributed by atoms with van der Waals surface area (Å²) in [6, 6.07) is 0. The molecule has 1 N–H and O–H groups in total. The van der Waals surface area contributed by atoms with Crippen LogP contribution in [0.15, 0.2) is 17.5 Å². The molecule has 2 rings (SSSR count). The molecular formula is C6H5ClN2O. The number of fused-ring (bicyclic) bond motifs is 1. The third kappa shape index (κ3) is 0.789. The van der Waals surface area contributed by atoms with Crippen molar-refractivity contribution in [1.82, 2.24) is 10.2 Å². The molecule has 0 unspecified atom stereocenters. The van der Waals surface area contributed by atoms with E-state index in [9.17, 15) is 0 Å². The van der Waals surface area contributed by atoms with Crippen LogP contribution in [0.3, 0.4) is 0 Å². The molecule has 4 heteroatoms. The minimum atomic E-state index is 0.699. The van der Waals surface area contributed by atoms with Crippen LogP contribution in [0.25, 0.3) is 0 Å². The Bertz CT molecular complexity index is 279.